The monoisotopic (exact) mass is 679 g/mol. The van der Waals surface area contributed by atoms with Crippen molar-refractivity contribution in [2.24, 2.45) is 5.92 Å². The predicted molar refractivity (Wildman–Crippen MR) is 149 cm³/mol. The quantitative estimate of drug-likeness (QED) is 0.181. The Bertz CT molecular complexity index is 1680. The van der Waals surface area contributed by atoms with Crippen LogP contribution in [-0.2, 0) is 20.5 Å². The lowest BCUT2D eigenvalue weighted by atomic mass is 10.0. The van der Waals surface area contributed by atoms with Crippen LogP contribution in [0, 0.1) is 23.4 Å². The highest BCUT2D eigenvalue weighted by Gasteiger charge is 2.67. The van der Waals surface area contributed by atoms with Gasteiger partial charge in [-0.05, 0) is 48.0 Å². The van der Waals surface area contributed by atoms with Gasteiger partial charge in [0.1, 0.15) is 27.8 Å². The van der Waals surface area contributed by atoms with Crippen molar-refractivity contribution in [1.82, 2.24) is 0 Å². The predicted octanol–water partition coefficient (Wildman–Crippen LogP) is 7.28. The van der Waals surface area contributed by atoms with Crippen LogP contribution in [0.1, 0.15) is 33.8 Å². The van der Waals surface area contributed by atoms with Gasteiger partial charge in [-0.3, -0.25) is 14.4 Å². The highest BCUT2D eigenvalue weighted by molar-refractivity contribution is 6.53. The maximum atomic E-state index is 15.1. The van der Waals surface area contributed by atoms with E-state index < -0.39 is 80.6 Å². The van der Waals surface area contributed by atoms with Crippen LogP contribution in [-0.4, -0.2) is 34.8 Å². The normalized spacial score (nSPS) is 20.3. The van der Waals surface area contributed by atoms with Crippen molar-refractivity contribution in [3.63, 3.8) is 0 Å². The molecule has 2 fully saturated rings. The first-order valence-corrected chi connectivity index (χ1v) is 13.8. The molecule has 0 spiro atoms. The summed E-state index contributed by atoms with van der Waals surface area (Å²) in [6.45, 7) is 0.330. The summed E-state index contributed by atoms with van der Waals surface area (Å²) < 4.78 is 85.8. The topological polar surface area (TPSA) is 96.5 Å². The molecule has 1 saturated carbocycles. The number of carbonyl (C=O) groups excluding carboxylic acids is 3. The fourth-order valence-electron chi connectivity index (χ4n) is 4.62. The molecule has 7 nitrogen and oxygen atoms in total. The number of ether oxygens (including phenoxy) is 1. The lowest BCUT2D eigenvalue weighted by molar-refractivity contribution is -0.140. The zero-order valence-corrected chi connectivity index (χ0v) is 24.1. The van der Waals surface area contributed by atoms with Crippen LogP contribution in [0.2, 0.25) is 5.02 Å². The second-order valence-corrected chi connectivity index (χ2v) is 11.8. The second-order valence-electron chi connectivity index (χ2n) is 9.93. The summed E-state index contributed by atoms with van der Waals surface area (Å²) in [5.74, 6) is -8.82. The maximum Gasteiger partial charge on any atom is 0.419 e. The fraction of sp³-hybridized carbons (Fsp3) is 0.250. The average Bonchev–Trinajstić information content (AvgIpc) is 3.49. The van der Waals surface area contributed by atoms with E-state index in [0.29, 0.717) is 25.2 Å². The summed E-state index contributed by atoms with van der Waals surface area (Å²) >= 11 is 18.6. The van der Waals surface area contributed by atoms with Crippen LogP contribution < -0.4 is 16.0 Å². The van der Waals surface area contributed by atoms with Crippen molar-refractivity contribution >= 4 is 69.6 Å². The molecular formula is C28H18Cl3F6N3O4. The molecule has 3 N–H and O–H groups in total. The van der Waals surface area contributed by atoms with E-state index >= 15 is 4.39 Å². The molecule has 44 heavy (non-hydrogen) atoms. The number of amides is 3. The molecule has 16 heteroatoms. The third-order valence-corrected chi connectivity index (χ3v) is 8.32. The van der Waals surface area contributed by atoms with Gasteiger partial charge < -0.3 is 20.7 Å². The number of benzene rings is 3. The highest BCUT2D eigenvalue weighted by Crippen LogP contribution is 2.65. The van der Waals surface area contributed by atoms with Gasteiger partial charge >= 0.3 is 6.18 Å². The lowest BCUT2D eigenvalue weighted by Gasteiger charge is -2.25. The number of hydrogen-bond acceptors (Lipinski definition) is 4. The van der Waals surface area contributed by atoms with Crippen LogP contribution in [0.25, 0.3) is 0 Å². The molecule has 0 bridgehead atoms. The Kier molecular flexibility index (Phi) is 8.53. The summed E-state index contributed by atoms with van der Waals surface area (Å²) in [4.78, 5) is 38.1. The number of nitrogens with one attached hydrogen (secondary N) is 3. The minimum atomic E-state index is -4.99. The first-order valence-electron chi connectivity index (χ1n) is 12.7. The van der Waals surface area contributed by atoms with Gasteiger partial charge in [0, 0.05) is 18.0 Å². The van der Waals surface area contributed by atoms with Crippen molar-refractivity contribution in [2.45, 2.75) is 29.0 Å². The van der Waals surface area contributed by atoms with Gasteiger partial charge in [0.05, 0.1) is 34.4 Å². The average molecular weight is 681 g/mol. The highest BCUT2D eigenvalue weighted by atomic mass is 35.5. The maximum absolute atomic E-state index is 15.1. The zero-order valence-electron chi connectivity index (χ0n) is 21.8. The first-order chi connectivity index (χ1) is 20.6. The molecule has 3 amide bonds. The van der Waals surface area contributed by atoms with Crippen molar-refractivity contribution < 1.29 is 45.5 Å². The Hall–Kier alpha value is -3.52. The SMILES string of the molecule is O=C(Nc1ccc(F)c(NC(=O)C2CCO2)c1F)c1cc(NC(=O)C2[C@H](c3ccc(F)c(C(F)(F)F)c3)C2(Cl)Cl)ccc1Cl. The van der Waals surface area contributed by atoms with Crippen molar-refractivity contribution in [2.75, 3.05) is 22.6 Å². The lowest BCUT2D eigenvalue weighted by Crippen LogP contribution is -2.39. The summed E-state index contributed by atoms with van der Waals surface area (Å²) in [6.07, 6.45) is -5.48. The van der Waals surface area contributed by atoms with Crippen LogP contribution in [0.4, 0.5) is 43.4 Å². The van der Waals surface area contributed by atoms with E-state index in [0.717, 1.165) is 24.3 Å². The van der Waals surface area contributed by atoms with Crippen molar-refractivity contribution in [3.05, 3.63) is 87.7 Å². The van der Waals surface area contributed by atoms with Gasteiger partial charge in [0.25, 0.3) is 11.8 Å². The van der Waals surface area contributed by atoms with Gasteiger partial charge in [-0.1, -0.05) is 17.7 Å². The smallest absolute Gasteiger partial charge is 0.368 e. The minimum absolute atomic E-state index is 0.0116. The molecule has 1 heterocycles. The molecular weight excluding hydrogens is 663 g/mol. The first kappa shape index (κ1) is 31.9. The number of carbonyl (C=O) groups is 3. The Balaban J connectivity index is 1.31. The van der Waals surface area contributed by atoms with E-state index in [2.05, 4.69) is 16.0 Å². The Morgan fingerprint density at radius 1 is 0.886 bits per heavy atom. The van der Waals surface area contributed by atoms with E-state index in [1.807, 2.05) is 0 Å². The third-order valence-electron chi connectivity index (χ3n) is 7.05. The molecule has 5 rings (SSSR count). The summed E-state index contributed by atoms with van der Waals surface area (Å²) in [6, 6.07) is 7.56. The Labute approximate surface area is 259 Å². The number of hydrogen-bond donors (Lipinski definition) is 3. The Morgan fingerprint density at radius 3 is 2.20 bits per heavy atom. The van der Waals surface area contributed by atoms with Gasteiger partial charge in [0.2, 0.25) is 5.91 Å². The van der Waals surface area contributed by atoms with Crippen molar-refractivity contribution in [3.8, 4) is 0 Å². The standard InChI is InChI=1S/C28H18Cl3F6N3O4/c29-15-3-2-12(38-26(43)21-20(27(21,30)31)11-1-4-16(32)14(9-11)28(35,36)37)10-13(15)24(41)39-18-6-5-17(33)23(22(18)34)40-25(42)19-7-8-44-19/h1-6,9-10,19-21H,7-8H2,(H,38,43)(H,39,41)(H,40,42)/t19?,20-,21?/m0/s1. The molecule has 0 radical (unpaired) electrons. The van der Waals surface area contributed by atoms with Gasteiger partial charge in [0.15, 0.2) is 5.82 Å². The largest absolute Gasteiger partial charge is 0.419 e. The van der Waals surface area contributed by atoms with E-state index in [4.69, 9.17) is 39.5 Å². The van der Waals surface area contributed by atoms with E-state index in [1.54, 1.807) is 0 Å². The Morgan fingerprint density at radius 2 is 1.57 bits per heavy atom. The van der Waals surface area contributed by atoms with Gasteiger partial charge in [-0.2, -0.15) is 13.2 Å². The molecule has 0 aromatic heterocycles. The summed E-state index contributed by atoms with van der Waals surface area (Å²) in [5, 5.41) is 6.63. The molecule has 232 valence electrons. The van der Waals surface area contributed by atoms with Gasteiger partial charge in [-0.15, -0.1) is 23.2 Å². The van der Waals surface area contributed by atoms with E-state index in [-0.39, 0.29) is 21.8 Å². The van der Waals surface area contributed by atoms with E-state index in [1.165, 1.54) is 12.1 Å². The van der Waals surface area contributed by atoms with Crippen LogP contribution in [0.3, 0.4) is 0 Å². The van der Waals surface area contributed by atoms with Gasteiger partial charge in [-0.25, -0.2) is 13.2 Å². The second kappa shape index (κ2) is 11.8. The molecule has 1 aliphatic carbocycles. The number of anilines is 3. The molecule has 2 aliphatic rings. The molecule has 2 unspecified atom stereocenters. The number of rotatable bonds is 7. The molecule has 1 aliphatic heterocycles. The zero-order chi connectivity index (χ0) is 32.1. The molecule has 3 atom stereocenters. The third kappa shape index (κ3) is 6.19. The minimum Gasteiger partial charge on any atom is -0.368 e. The van der Waals surface area contributed by atoms with Crippen molar-refractivity contribution in [1.29, 1.82) is 0 Å². The number of alkyl halides is 5. The molecule has 1 saturated heterocycles. The summed E-state index contributed by atoms with van der Waals surface area (Å²) in [5.41, 5.74) is -3.23. The fourth-order valence-corrected chi connectivity index (χ4v) is 5.65. The molecule has 3 aromatic rings. The van der Waals surface area contributed by atoms with Crippen LogP contribution in [0.15, 0.2) is 48.5 Å². The van der Waals surface area contributed by atoms with Crippen LogP contribution in [0.5, 0.6) is 0 Å². The van der Waals surface area contributed by atoms with E-state index in [9.17, 15) is 36.3 Å². The van der Waals surface area contributed by atoms with Crippen LogP contribution >= 0.6 is 34.8 Å². The number of halogens is 9. The summed E-state index contributed by atoms with van der Waals surface area (Å²) in [7, 11) is 0. The molecule has 3 aromatic carbocycles.